The average molecular weight is 457 g/mol. The van der Waals surface area contributed by atoms with Crippen LogP contribution in [0.4, 0.5) is 14.7 Å². The molecule has 0 bridgehead atoms. The Kier molecular flexibility index (Phi) is 5.71. The number of benzene rings is 2. The van der Waals surface area contributed by atoms with Crippen LogP contribution in [0.15, 0.2) is 73.1 Å². The zero-order valence-corrected chi connectivity index (χ0v) is 18.2. The van der Waals surface area contributed by atoms with Crippen molar-refractivity contribution in [2.75, 3.05) is 5.73 Å². The van der Waals surface area contributed by atoms with Crippen molar-refractivity contribution in [1.82, 2.24) is 19.9 Å². The fourth-order valence-corrected chi connectivity index (χ4v) is 4.40. The molecule has 1 aliphatic rings. The fraction of sp³-hybridized carbons (Fsp3) is 0.154. The van der Waals surface area contributed by atoms with Gasteiger partial charge in [-0.2, -0.15) is 4.39 Å². The second-order valence-corrected chi connectivity index (χ2v) is 8.21. The first-order valence-electron chi connectivity index (χ1n) is 10.8. The third-order valence-corrected chi connectivity index (χ3v) is 6.02. The van der Waals surface area contributed by atoms with Crippen molar-refractivity contribution in [3.63, 3.8) is 0 Å². The summed E-state index contributed by atoms with van der Waals surface area (Å²) in [6.07, 6.45) is 3.61. The molecular formula is C26H21F2N5O. The molecule has 0 saturated heterocycles. The van der Waals surface area contributed by atoms with Gasteiger partial charge in [0.2, 0.25) is 11.9 Å². The summed E-state index contributed by atoms with van der Waals surface area (Å²) in [4.78, 5) is 27.2. The first-order chi connectivity index (χ1) is 16.5. The lowest BCUT2D eigenvalue weighted by Crippen LogP contribution is -2.46. The number of halogens is 2. The maximum atomic E-state index is 14.5. The van der Waals surface area contributed by atoms with Gasteiger partial charge >= 0.3 is 0 Å². The van der Waals surface area contributed by atoms with E-state index in [1.54, 1.807) is 23.1 Å². The molecule has 0 radical (unpaired) electrons. The van der Waals surface area contributed by atoms with Gasteiger partial charge in [-0.15, -0.1) is 0 Å². The molecule has 2 aromatic heterocycles. The van der Waals surface area contributed by atoms with Crippen LogP contribution in [0.5, 0.6) is 0 Å². The van der Waals surface area contributed by atoms with Crippen molar-refractivity contribution in [2.45, 2.75) is 25.4 Å². The van der Waals surface area contributed by atoms with E-state index < -0.39 is 11.8 Å². The van der Waals surface area contributed by atoms with Crippen LogP contribution in [0.25, 0.3) is 11.1 Å². The minimum atomic E-state index is -0.680. The number of hydrogen-bond donors (Lipinski definition) is 1. The highest BCUT2D eigenvalue weighted by Crippen LogP contribution is 2.31. The molecule has 5 rings (SSSR count). The molecule has 34 heavy (non-hydrogen) atoms. The number of aromatic nitrogens is 3. The van der Waals surface area contributed by atoms with E-state index >= 15 is 0 Å². The van der Waals surface area contributed by atoms with Crippen LogP contribution in [-0.4, -0.2) is 31.8 Å². The molecule has 3 heterocycles. The van der Waals surface area contributed by atoms with Gasteiger partial charge in [-0.1, -0.05) is 36.4 Å². The highest BCUT2D eigenvalue weighted by Gasteiger charge is 2.34. The molecule has 0 unspecified atom stereocenters. The highest BCUT2D eigenvalue weighted by atomic mass is 19.1. The summed E-state index contributed by atoms with van der Waals surface area (Å²) >= 11 is 0. The monoisotopic (exact) mass is 457 g/mol. The van der Waals surface area contributed by atoms with Crippen molar-refractivity contribution in [3.05, 3.63) is 107 Å². The molecule has 8 heteroatoms. The number of pyridine rings is 1. The quantitative estimate of drug-likeness (QED) is 0.454. The van der Waals surface area contributed by atoms with Crippen LogP contribution in [0.2, 0.25) is 0 Å². The number of nitrogen functional groups attached to an aromatic ring is 1. The van der Waals surface area contributed by atoms with E-state index in [4.69, 9.17) is 5.73 Å². The van der Waals surface area contributed by atoms with Gasteiger partial charge in [-0.3, -0.25) is 4.79 Å². The standard InChI is InChI=1S/C26H21F2N5O/c27-18-9-8-17(21(12-18)20-7-4-10-30-24(20)28)11-19-13-23-22(14-31-26(29)32-23)25(34)33(19)15-16-5-2-1-3-6-16/h1-10,12,14,19H,11,13,15H2,(H2,29,31,32)/t19-/m0/s1. The Morgan fingerprint density at radius 1 is 0.971 bits per heavy atom. The molecule has 6 nitrogen and oxygen atoms in total. The number of rotatable bonds is 5. The fourth-order valence-electron chi connectivity index (χ4n) is 4.40. The molecule has 0 fully saturated rings. The smallest absolute Gasteiger partial charge is 0.257 e. The van der Waals surface area contributed by atoms with Crippen LogP contribution in [0.1, 0.15) is 27.2 Å². The van der Waals surface area contributed by atoms with Crippen molar-refractivity contribution in [2.24, 2.45) is 0 Å². The lowest BCUT2D eigenvalue weighted by atomic mass is 9.89. The van der Waals surface area contributed by atoms with Crippen LogP contribution in [-0.2, 0) is 19.4 Å². The summed E-state index contributed by atoms with van der Waals surface area (Å²) in [5.41, 5.74) is 9.06. The van der Waals surface area contributed by atoms with Crippen LogP contribution >= 0.6 is 0 Å². The van der Waals surface area contributed by atoms with Gasteiger partial charge in [0.15, 0.2) is 0 Å². The zero-order chi connectivity index (χ0) is 23.7. The van der Waals surface area contributed by atoms with Gasteiger partial charge in [0.25, 0.3) is 5.91 Å². The third kappa shape index (κ3) is 4.22. The highest BCUT2D eigenvalue weighted by molar-refractivity contribution is 5.96. The number of anilines is 1. The Hall–Kier alpha value is -4.20. The van der Waals surface area contributed by atoms with Gasteiger partial charge in [0.1, 0.15) is 5.82 Å². The Balaban J connectivity index is 1.56. The SMILES string of the molecule is Nc1ncc2c(n1)C[C@H](Cc1ccc(F)cc1-c1cccnc1F)N(Cc1ccccc1)C2=O. The predicted octanol–water partition coefficient (Wildman–Crippen LogP) is 4.21. The van der Waals surface area contributed by atoms with E-state index in [9.17, 15) is 13.6 Å². The topological polar surface area (TPSA) is 85.0 Å². The molecule has 0 aliphatic carbocycles. The molecule has 4 aromatic rings. The van der Waals surface area contributed by atoms with Gasteiger partial charge in [-0.05, 0) is 47.4 Å². The molecule has 170 valence electrons. The Morgan fingerprint density at radius 3 is 2.59 bits per heavy atom. The minimum absolute atomic E-state index is 0.0988. The Morgan fingerprint density at radius 2 is 1.79 bits per heavy atom. The maximum Gasteiger partial charge on any atom is 0.257 e. The van der Waals surface area contributed by atoms with Gasteiger partial charge in [0.05, 0.1) is 11.3 Å². The van der Waals surface area contributed by atoms with E-state index in [1.165, 1.54) is 24.5 Å². The largest absolute Gasteiger partial charge is 0.368 e. The molecule has 1 amide bonds. The lowest BCUT2D eigenvalue weighted by molar-refractivity contribution is 0.0627. The second kappa shape index (κ2) is 8.97. The minimum Gasteiger partial charge on any atom is -0.368 e. The van der Waals surface area contributed by atoms with Crippen LogP contribution in [0, 0.1) is 11.8 Å². The predicted molar refractivity (Wildman–Crippen MR) is 124 cm³/mol. The first-order valence-corrected chi connectivity index (χ1v) is 10.8. The molecule has 2 aromatic carbocycles. The van der Waals surface area contributed by atoms with Crippen molar-refractivity contribution < 1.29 is 13.6 Å². The number of fused-ring (bicyclic) bond motifs is 1. The summed E-state index contributed by atoms with van der Waals surface area (Å²) in [6.45, 7) is 0.381. The normalized spacial score (nSPS) is 15.3. The number of hydrogen-bond acceptors (Lipinski definition) is 5. The molecule has 0 spiro atoms. The zero-order valence-electron chi connectivity index (χ0n) is 18.2. The van der Waals surface area contributed by atoms with Crippen molar-refractivity contribution >= 4 is 11.9 Å². The second-order valence-electron chi connectivity index (χ2n) is 8.21. The lowest BCUT2D eigenvalue weighted by Gasteiger charge is -2.36. The van der Waals surface area contributed by atoms with E-state index in [2.05, 4.69) is 15.0 Å². The van der Waals surface area contributed by atoms with Gasteiger partial charge < -0.3 is 10.6 Å². The summed E-state index contributed by atoms with van der Waals surface area (Å²) in [6, 6.07) is 16.8. The number of nitrogens with two attached hydrogens (primary N) is 1. The number of carbonyl (C=O) groups excluding carboxylic acids is 1. The summed E-state index contributed by atoms with van der Waals surface area (Å²) in [5, 5.41) is 0. The summed E-state index contributed by atoms with van der Waals surface area (Å²) < 4.78 is 28.7. The van der Waals surface area contributed by atoms with Crippen LogP contribution in [0.3, 0.4) is 0 Å². The number of amides is 1. The third-order valence-electron chi connectivity index (χ3n) is 6.02. The maximum absolute atomic E-state index is 14.5. The number of carbonyl (C=O) groups is 1. The number of nitrogens with zero attached hydrogens (tertiary/aromatic N) is 4. The van der Waals surface area contributed by atoms with Crippen molar-refractivity contribution in [3.8, 4) is 11.1 Å². The van der Waals surface area contributed by atoms with E-state index in [0.29, 0.717) is 41.8 Å². The Bertz CT molecular complexity index is 1360. The van der Waals surface area contributed by atoms with Gasteiger partial charge in [-0.25, -0.2) is 19.3 Å². The van der Waals surface area contributed by atoms with E-state index in [-0.39, 0.29) is 23.5 Å². The molecule has 0 saturated carbocycles. The van der Waals surface area contributed by atoms with Crippen molar-refractivity contribution in [1.29, 1.82) is 0 Å². The summed E-state index contributed by atoms with van der Waals surface area (Å²) in [7, 11) is 0. The average Bonchev–Trinajstić information content (AvgIpc) is 2.83. The van der Waals surface area contributed by atoms with Gasteiger partial charge in [0, 0.05) is 37.0 Å². The Labute approximate surface area is 195 Å². The summed E-state index contributed by atoms with van der Waals surface area (Å²) in [5.74, 6) is -1.26. The van der Waals surface area contributed by atoms with E-state index in [0.717, 1.165) is 5.56 Å². The first kappa shape index (κ1) is 21.6. The molecular weight excluding hydrogens is 436 g/mol. The van der Waals surface area contributed by atoms with E-state index in [1.807, 2.05) is 30.3 Å². The molecule has 2 N–H and O–H groups in total. The van der Waals surface area contributed by atoms with Crippen LogP contribution < -0.4 is 5.73 Å². The molecule has 1 aliphatic heterocycles. The molecule has 1 atom stereocenters.